The highest BCUT2D eigenvalue weighted by molar-refractivity contribution is 5.82. The van der Waals surface area contributed by atoms with Gasteiger partial charge in [0.05, 0.1) is 25.3 Å². The van der Waals surface area contributed by atoms with Crippen LogP contribution < -0.4 is 20.5 Å². The van der Waals surface area contributed by atoms with Crippen molar-refractivity contribution in [3.63, 3.8) is 0 Å². The monoisotopic (exact) mass is 350 g/mol. The van der Waals surface area contributed by atoms with Crippen molar-refractivity contribution in [2.75, 3.05) is 26.4 Å². The van der Waals surface area contributed by atoms with E-state index in [9.17, 15) is 4.79 Å². The quantitative estimate of drug-likeness (QED) is 0.752. The molecule has 25 heavy (non-hydrogen) atoms. The van der Waals surface area contributed by atoms with E-state index in [4.69, 9.17) is 19.9 Å². The van der Waals surface area contributed by atoms with Crippen molar-refractivity contribution in [1.82, 2.24) is 5.32 Å². The summed E-state index contributed by atoms with van der Waals surface area (Å²) < 4.78 is 16.6. The van der Waals surface area contributed by atoms with Crippen LogP contribution in [0.15, 0.2) is 18.2 Å². The Labute approximate surface area is 150 Å². The Kier molecular flexibility index (Phi) is 7.52. The molecule has 2 unspecified atom stereocenters. The topological polar surface area (TPSA) is 82.8 Å². The minimum atomic E-state index is -0.500. The number of amides is 1. The Morgan fingerprint density at radius 3 is 2.52 bits per heavy atom. The fourth-order valence-corrected chi connectivity index (χ4v) is 3.02. The predicted octanol–water partition coefficient (Wildman–Crippen LogP) is 2.42. The van der Waals surface area contributed by atoms with Crippen LogP contribution in [0.25, 0.3) is 0 Å². The first kappa shape index (κ1) is 19.5. The van der Waals surface area contributed by atoms with E-state index in [-0.39, 0.29) is 17.9 Å². The number of nitrogens with one attached hydrogen (secondary N) is 1. The summed E-state index contributed by atoms with van der Waals surface area (Å²) in [5.74, 6) is 1.47. The molecule has 0 bridgehead atoms. The molecule has 1 amide bonds. The van der Waals surface area contributed by atoms with Gasteiger partial charge in [0.1, 0.15) is 0 Å². The molecule has 140 valence electrons. The van der Waals surface area contributed by atoms with E-state index in [1.54, 1.807) is 0 Å². The molecule has 1 aliphatic heterocycles. The number of hydrogen-bond donors (Lipinski definition) is 2. The summed E-state index contributed by atoms with van der Waals surface area (Å²) in [4.78, 5) is 12.5. The van der Waals surface area contributed by atoms with Crippen LogP contribution in [0.3, 0.4) is 0 Å². The lowest BCUT2D eigenvalue weighted by molar-refractivity contribution is -0.125. The molecule has 1 aliphatic rings. The summed E-state index contributed by atoms with van der Waals surface area (Å²) >= 11 is 0. The Morgan fingerprint density at radius 2 is 1.88 bits per heavy atom. The molecule has 6 heteroatoms. The first-order valence-corrected chi connectivity index (χ1v) is 9.10. The molecule has 1 aromatic carbocycles. The van der Waals surface area contributed by atoms with Crippen LogP contribution in [-0.4, -0.2) is 38.4 Å². The van der Waals surface area contributed by atoms with Gasteiger partial charge in [-0.3, -0.25) is 4.79 Å². The zero-order valence-corrected chi connectivity index (χ0v) is 15.4. The molecule has 1 heterocycles. The Hall–Kier alpha value is -1.79. The van der Waals surface area contributed by atoms with E-state index in [2.05, 4.69) is 5.32 Å². The van der Waals surface area contributed by atoms with Gasteiger partial charge in [0, 0.05) is 13.2 Å². The van der Waals surface area contributed by atoms with Crippen LogP contribution in [0.1, 0.15) is 45.2 Å². The normalized spacial score (nSPS) is 17.6. The van der Waals surface area contributed by atoms with Gasteiger partial charge in [-0.05, 0) is 57.2 Å². The fraction of sp³-hybridized carbons (Fsp3) is 0.632. The van der Waals surface area contributed by atoms with Crippen LogP contribution in [0.5, 0.6) is 11.5 Å². The highest BCUT2D eigenvalue weighted by atomic mass is 16.5. The number of benzene rings is 1. The third-order valence-corrected chi connectivity index (χ3v) is 4.50. The molecule has 0 saturated carbocycles. The fourth-order valence-electron chi connectivity index (χ4n) is 3.02. The summed E-state index contributed by atoms with van der Waals surface area (Å²) in [7, 11) is 0. The van der Waals surface area contributed by atoms with Crippen LogP contribution in [-0.2, 0) is 9.53 Å². The highest BCUT2D eigenvalue weighted by Gasteiger charge is 2.27. The number of ether oxygens (including phenoxy) is 3. The van der Waals surface area contributed by atoms with Gasteiger partial charge in [0.15, 0.2) is 11.5 Å². The van der Waals surface area contributed by atoms with Gasteiger partial charge in [-0.25, -0.2) is 0 Å². The first-order chi connectivity index (χ1) is 12.1. The van der Waals surface area contributed by atoms with Crippen LogP contribution in [0.2, 0.25) is 0 Å². The standard InChI is InChI=1S/C19H30N2O4/c1-4-24-16-7-6-15(12-17(16)25-5-2)13(3)21-19(22)18(20)14-8-10-23-11-9-14/h6-7,12-14,18H,4-5,8-11,20H2,1-3H3,(H,21,22). The second-order valence-corrected chi connectivity index (χ2v) is 6.28. The average molecular weight is 350 g/mol. The molecule has 2 rings (SSSR count). The summed E-state index contributed by atoms with van der Waals surface area (Å²) in [6.45, 7) is 8.30. The number of hydrogen-bond acceptors (Lipinski definition) is 5. The van der Waals surface area contributed by atoms with Gasteiger partial charge >= 0.3 is 0 Å². The Bertz CT molecular complexity index is 558. The summed E-state index contributed by atoms with van der Waals surface area (Å²) in [5.41, 5.74) is 7.11. The molecule has 6 nitrogen and oxygen atoms in total. The largest absolute Gasteiger partial charge is 0.490 e. The lowest BCUT2D eigenvalue weighted by atomic mass is 9.91. The molecular formula is C19H30N2O4. The van der Waals surface area contributed by atoms with Gasteiger partial charge in [0.25, 0.3) is 0 Å². The molecule has 0 spiro atoms. The Balaban J connectivity index is 2.02. The number of rotatable bonds is 8. The molecule has 1 fully saturated rings. The van der Waals surface area contributed by atoms with E-state index in [0.29, 0.717) is 37.9 Å². The highest BCUT2D eigenvalue weighted by Crippen LogP contribution is 2.31. The molecule has 0 aromatic heterocycles. The van der Waals surface area contributed by atoms with Crippen molar-refractivity contribution in [3.8, 4) is 11.5 Å². The van der Waals surface area contributed by atoms with E-state index >= 15 is 0 Å². The Morgan fingerprint density at radius 1 is 1.24 bits per heavy atom. The van der Waals surface area contributed by atoms with E-state index in [1.165, 1.54) is 0 Å². The van der Waals surface area contributed by atoms with Crippen molar-refractivity contribution in [2.24, 2.45) is 11.7 Å². The van der Waals surface area contributed by atoms with Crippen LogP contribution in [0, 0.1) is 5.92 Å². The summed E-state index contributed by atoms with van der Waals surface area (Å²) in [6, 6.07) is 5.08. The molecule has 0 aliphatic carbocycles. The summed E-state index contributed by atoms with van der Waals surface area (Å²) in [5, 5.41) is 3.01. The van der Waals surface area contributed by atoms with Crippen LogP contribution in [0.4, 0.5) is 0 Å². The van der Waals surface area contributed by atoms with Crippen molar-refractivity contribution >= 4 is 5.91 Å². The summed E-state index contributed by atoms with van der Waals surface area (Å²) in [6.07, 6.45) is 1.67. The molecule has 1 aromatic rings. The second kappa shape index (κ2) is 9.63. The molecule has 0 radical (unpaired) electrons. The maximum Gasteiger partial charge on any atom is 0.237 e. The zero-order chi connectivity index (χ0) is 18.2. The van der Waals surface area contributed by atoms with Gasteiger partial charge in [-0.15, -0.1) is 0 Å². The maximum absolute atomic E-state index is 12.5. The molecular weight excluding hydrogens is 320 g/mol. The number of nitrogens with two attached hydrogens (primary N) is 1. The molecule has 1 saturated heterocycles. The third kappa shape index (κ3) is 5.34. The molecule has 2 atom stereocenters. The minimum Gasteiger partial charge on any atom is -0.490 e. The van der Waals surface area contributed by atoms with Gasteiger partial charge in [0.2, 0.25) is 5.91 Å². The number of carbonyl (C=O) groups excluding carboxylic acids is 1. The van der Waals surface area contributed by atoms with E-state index in [1.807, 2.05) is 39.0 Å². The smallest absolute Gasteiger partial charge is 0.237 e. The lowest BCUT2D eigenvalue weighted by Gasteiger charge is -2.28. The number of carbonyl (C=O) groups is 1. The minimum absolute atomic E-state index is 0.119. The van der Waals surface area contributed by atoms with E-state index < -0.39 is 6.04 Å². The second-order valence-electron chi connectivity index (χ2n) is 6.28. The van der Waals surface area contributed by atoms with Gasteiger partial charge < -0.3 is 25.3 Å². The van der Waals surface area contributed by atoms with Crippen molar-refractivity contribution in [3.05, 3.63) is 23.8 Å². The third-order valence-electron chi connectivity index (χ3n) is 4.50. The first-order valence-electron chi connectivity index (χ1n) is 9.10. The molecule has 3 N–H and O–H groups in total. The van der Waals surface area contributed by atoms with Gasteiger partial charge in [-0.1, -0.05) is 6.07 Å². The van der Waals surface area contributed by atoms with Crippen molar-refractivity contribution in [1.29, 1.82) is 0 Å². The van der Waals surface area contributed by atoms with Crippen LogP contribution >= 0.6 is 0 Å². The SMILES string of the molecule is CCOc1ccc(C(C)NC(=O)C(N)C2CCOCC2)cc1OCC. The zero-order valence-electron chi connectivity index (χ0n) is 15.4. The lowest BCUT2D eigenvalue weighted by Crippen LogP contribution is -2.47. The average Bonchev–Trinajstić information content (AvgIpc) is 2.63. The van der Waals surface area contributed by atoms with Gasteiger partial charge in [-0.2, -0.15) is 0 Å². The van der Waals surface area contributed by atoms with E-state index in [0.717, 1.165) is 18.4 Å². The maximum atomic E-state index is 12.5. The predicted molar refractivity (Wildman–Crippen MR) is 96.9 cm³/mol. The van der Waals surface area contributed by atoms with Crippen molar-refractivity contribution < 1.29 is 19.0 Å². The van der Waals surface area contributed by atoms with Crippen molar-refractivity contribution in [2.45, 2.75) is 45.7 Å².